The average Bonchev–Trinajstić information content (AvgIpc) is 2.63. The third-order valence-electron chi connectivity index (χ3n) is 4.13. The molecular formula is C19H21FN4O3. The maximum atomic E-state index is 13.8. The van der Waals surface area contributed by atoms with Gasteiger partial charge in [-0.05, 0) is 38.5 Å². The van der Waals surface area contributed by atoms with E-state index < -0.39 is 5.82 Å². The number of anilines is 1. The van der Waals surface area contributed by atoms with Gasteiger partial charge >= 0.3 is 0 Å². The van der Waals surface area contributed by atoms with Gasteiger partial charge in [-0.1, -0.05) is 0 Å². The third-order valence-corrected chi connectivity index (χ3v) is 4.13. The molecule has 1 aliphatic rings. The molecule has 0 radical (unpaired) electrons. The monoisotopic (exact) mass is 372 g/mol. The summed E-state index contributed by atoms with van der Waals surface area (Å²) in [7, 11) is 0. The molecule has 1 saturated heterocycles. The van der Waals surface area contributed by atoms with Gasteiger partial charge in [-0.2, -0.15) is 0 Å². The van der Waals surface area contributed by atoms with Crippen LogP contribution in [-0.2, 0) is 9.59 Å². The van der Waals surface area contributed by atoms with E-state index in [0.29, 0.717) is 42.2 Å². The molecule has 2 amide bonds. The van der Waals surface area contributed by atoms with Gasteiger partial charge in [0.15, 0.2) is 0 Å². The van der Waals surface area contributed by atoms with Crippen molar-refractivity contribution in [3.8, 4) is 17.0 Å². The largest absolute Gasteiger partial charge is 0.490 e. The van der Waals surface area contributed by atoms with Crippen LogP contribution < -0.4 is 15.4 Å². The van der Waals surface area contributed by atoms with Gasteiger partial charge in [0.25, 0.3) is 0 Å². The second-order valence-corrected chi connectivity index (χ2v) is 6.62. The minimum Gasteiger partial charge on any atom is -0.490 e. The van der Waals surface area contributed by atoms with Gasteiger partial charge in [-0.15, -0.1) is 0 Å². The first kappa shape index (κ1) is 18.8. The Bertz CT molecular complexity index is 847. The van der Waals surface area contributed by atoms with Crippen LogP contribution in [-0.4, -0.2) is 34.4 Å². The minimum atomic E-state index is -0.414. The molecule has 2 aromatic rings. The number of hydrogen-bond donors (Lipinski definition) is 2. The van der Waals surface area contributed by atoms with Crippen molar-refractivity contribution in [2.75, 3.05) is 11.9 Å². The molecule has 1 aromatic carbocycles. The zero-order chi connectivity index (χ0) is 19.4. The van der Waals surface area contributed by atoms with E-state index in [1.54, 1.807) is 12.1 Å². The molecule has 27 heavy (non-hydrogen) atoms. The highest BCUT2D eigenvalue weighted by Gasteiger charge is 2.25. The van der Waals surface area contributed by atoms with Gasteiger partial charge in [-0.3, -0.25) is 9.59 Å². The van der Waals surface area contributed by atoms with Gasteiger partial charge in [-0.25, -0.2) is 14.4 Å². The summed E-state index contributed by atoms with van der Waals surface area (Å²) in [5, 5.41) is 5.41. The summed E-state index contributed by atoms with van der Waals surface area (Å²) in [5.41, 5.74) is 0.916. The first-order valence-electron chi connectivity index (χ1n) is 8.78. The lowest BCUT2D eigenvalue weighted by molar-refractivity contribution is -0.126. The van der Waals surface area contributed by atoms with Gasteiger partial charge in [0.1, 0.15) is 23.7 Å². The highest BCUT2D eigenvalue weighted by Crippen LogP contribution is 2.31. The van der Waals surface area contributed by atoms with Gasteiger partial charge < -0.3 is 15.4 Å². The van der Waals surface area contributed by atoms with Gasteiger partial charge in [0.05, 0.1) is 17.7 Å². The van der Waals surface area contributed by atoms with E-state index >= 15 is 0 Å². The first-order chi connectivity index (χ1) is 12.9. The quantitative estimate of drug-likeness (QED) is 0.841. The highest BCUT2D eigenvalue weighted by atomic mass is 19.1. The van der Waals surface area contributed by atoms with Crippen molar-refractivity contribution in [1.82, 2.24) is 15.3 Å². The molecule has 7 nitrogen and oxygen atoms in total. The number of aromatic nitrogens is 2. The fourth-order valence-corrected chi connectivity index (χ4v) is 2.82. The molecule has 0 bridgehead atoms. The topological polar surface area (TPSA) is 93.2 Å². The maximum Gasteiger partial charge on any atom is 0.230 e. The van der Waals surface area contributed by atoms with Crippen molar-refractivity contribution in [1.29, 1.82) is 0 Å². The predicted octanol–water partition coefficient (Wildman–Crippen LogP) is 2.53. The van der Waals surface area contributed by atoms with E-state index in [2.05, 4.69) is 20.6 Å². The van der Waals surface area contributed by atoms with Crippen LogP contribution in [0.15, 0.2) is 30.6 Å². The van der Waals surface area contributed by atoms with Gasteiger partial charge in [0, 0.05) is 24.6 Å². The summed E-state index contributed by atoms with van der Waals surface area (Å²) in [4.78, 5) is 31.8. The molecule has 0 aliphatic carbocycles. The van der Waals surface area contributed by atoms with E-state index in [-0.39, 0.29) is 23.8 Å². The fraction of sp³-hybridized carbons (Fsp3) is 0.368. The summed E-state index contributed by atoms with van der Waals surface area (Å²) in [6.07, 6.45) is 2.03. The number of nitrogens with one attached hydrogen (secondary N) is 2. The Labute approximate surface area is 156 Å². The Morgan fingerprint density at radius 3 is 2.85 bits per heavy atom. The zero-order valence-electron chi connectivity index (χ0n) is 15.2. The van der Waals surface area contributed by atoms with Crippen molar-refractivity contribution in [2.24, 2.45) is 5.92 Å². The molecule has 0 spiro atoms. The van der Waals surface area contributed by atoms with Crippen LogP contribution in [0.3, 0.4) is 0 Å². The number of nitrogens with zero attached hydrogens (tertiary/aromatic N) is 2. The van der Waals surface area contributed by atoms with Crippen LogP contribution in [0.5, 0.6) is 5.75 Å². The van der Waals surface area contributed by atoms with Gasteiger partial charge in [0.2, 0.25) is 11.8 Å². The minimum absolute atomic E-state index is 0.0489. The summed E-state index contributed by atoms with van der Waals surface area (Å²) in [6.45, 7) is 4.06. The van der Waals surface area contributed by atoms with Crippen LogP contribution >= 0.6 is 0 Å². The van der Waals surface area contributed by atoms with Crippen LogP contribution in [0.2, 0.25) is 0 Å². The number of hydrogen-bond acceptors (Lipinski definition) is 5. The number of piperidine rings is 1. The standard InChI is InChI=1S/C19H21FN4O3/c1-11(2)27-16-5-4-13(20)7-14(16)15-8-17(23-10-22-15)24-19(26)12-3-6-18(25)21-9-12/h4-5,7-8,10-12H,3,6,9H2,1-2H3,(H,21,25)(H,22,23,24,26). The van der Waals surface area contributed by atoms with Crippen LogP contribution in [0.25, 0.3) is 11.3 Å². The van der Waals surface area contributed by atoms with Crippen molar-refractivity contribution in [3.05, 3.63) is 36.4 Å². The number of rotatable bonds is 5. The number of carbonyl (C=O) groups is 2. The Morgan fingerprint density at radius 1 is 1.33 bits per heavy atom. The molecule has 142 valence electrons. The fourth-order valence-electron chi connectivity index (χ4n) is 2.82. The van der Waals surface area contributed by atoms with E-state index in [1.807, 2.05) is 13.8 Å². The normalized spacial score (nSPS) is 16.7. The molecule has 1 fully saturated rings. The first-order valence-corrected chi connectivity index (χ1v) is 8.78. The molecule has 8 heteroatoms. The molecule has 2 N–H and O–H groups in total. The Balaban J connectivity index is 1.81. The van der Waals surface area contributed by atoms with Crippen molar-refractivity contribution in [2.45, 2.75) is 32.8 Å². The SMILES string of the molecule is CC(C)Oc1ccc(F)cc1-c1cc(NC(=O)C2CCC(=O)NC2)ncn1. The smallest absolute Gasteiger partial charge is 0.230 e. The molecule has 1 aliphatic heterocycles. The lowest BCUT2D eigenvalue weighted by Crippen LogP contribution is -2.40. The summed E-state index contributed by atoms with van der Waals surface area (Å²) in [5.74, 6) is -0.192. The molecule has 1 unspecified atom stereocenters. The average molecular weight is 372 g/mol. The van der Waals surface area contributed by atoms with Crippen LogP contribution in [0, 0.1) is 11.7 Å². The maximum absolute atomic E-state index is 13.8. The summed E-state index contributed by atoms with van der Waals surface area (Å²) in [6, 6.07) is 5.78. The van der Waals surface area contributed by atoms with Crippen molar-refractivity contribution >= 4 is 17.6 Å². The van der Waals surface area contributed by atoms with Crippen molar-refractivity contribution < 1.29 is 18.7 Å². The summed E-state index contributed by atoms with van der Waals surface area (Å²) < 4.78 is 19.5. The Kier molecular flexibility index (Phi) is 5.63. The third kappa shape index (κ3) is 4.78. The predicted molar refractivity (Wildman–Crippen MR) is 97.6 cm³/mol. The Hall–Kier alpha value is -3.03. The van der Waals surface area contributed by atoms with Crippen LogP contribution in [0.1, 0.15) is 26.7 Å². The number of ether oxygens (including phenoxy) is 1. The number of halogens is 1. The molecule has 2 heterocycles. The molecule has 0 saturated carbocycles. The van der Waals surface area contributed by atoms with Crippen molar-refractivity contribution in [3.63, 3.8) is 0 Å². The molecule has 3 rings (SSSR count). The van der Waals surface area contributed by atoms with Crippen LogP contribution in [0.4, 0.5) is 10.2 Å². The van der Waals surface area contributed by atoms with E-state index in [4.69, 9.17) is 4.74 Å². The van der Waals surface area contributed by atoms with E-state index in [9.17, 15) is 14.0 Å². The second-order valence-electron chi connectivity index (χ2n) is 6.62. The number of carbonyl (C=O) groups excluding carboxylic acids is 2. The molecule has 1 aromatic heterocycles. The highest BCUT2D eigenvalue weighted by molar-refractivity contribution is 5.93. The second kappa shape index (κ2) is 8.11. The number of benzene rings is 1. The van der Waals surface area contributed by atoms with E-state index in [0.717, 1.165) is 0 Å². The lowest BCUT2D eigenvalue weighted by atomic mass is 9.98. The Morgan fingerprint density at radius 2 is 2.15 bits per heavy atom. The summed E-state index contributed by atoms with van der Waals surface area (Å²) >= 11 is 0. The van der Waals surface area contributed by atoms with E-state index in [1.165, 1.54) is 18.5 Å². The number of amides is 2. The molecule has 1 atom stereocenters. The lowest BCUT2D eigenvalue weighted by Gasteiger charge is -2.21. The molecular weight excluding hydrogens is 351 g/mol. The zero-order valence-corrected chi connectivity index (χ0v) is 15.2.